The Morgan fingerprint density at radius 1 is 0.933 bits per heavy atom. The van der Waals surface area contributed by atoms with Crippen LogP contribution in [0.1, 0.15) is 0 Å². The zero-order valence-corrected chi connectivity index (χ0v) is 17.1. The highest BCUT2D eigenvalue weighted by atomic mass is 16.6. The second kappa shape index (κ2) is 9.43. The van der Waals surface area contributed by atoms with E-state index in [9.17, 15) is 9.59 Å². The van der Waals surface area contributed by atoms with Crippen molar-refractivity contribution in [3.63, 3.8) is 0 Å². The Bertz CT molecular complexity index is 731. The van der Waals surface area contributed by atoms with E-state index in [1.54, 1.807) is 4.90 Å². The van der Waals surface area contributed by atoms with Crippen LogP contribution in [0.25, 0.3) is 0 Å². The normalized spacial score (nSPS) is 20.6. The maximum absolute atomic E-state index is 12.4. The van der Waals surface area contributed by atoms with Crippen LogP contribution in [-0.2, 0) is 9.53 Å². The first kappa shape index (κ1) is 20.6. The molecule has 30 heavy (non-hydrogen) atoms. The van der Waals surface area contributed by atoms with Crippen molar-refractivity contribution in [1.29, 1.82) is 0 Å². The van der Waals surface area contributed by atoms with Crippen LogP contribution in [0.3, 0.4) is 0 Å². The summed E-state index contributed by atoms with van der Waals surface area (Å²) in [5.41, 5.74) is 0. The summed E-state index contributed by atoms with van der Waals surface area (Å²) in [7, 11) is 0. The zero-order chi connectivity index (χ0) is 20.9. The highest BCUT2D eigenvalue weighted by molar-refractivity contribution is 5.83. The number of hydrogen-bond acceptors (Lipinski definition) is 9. The van der Waals surface area contributed by atoms with Crippen LogP contribution in [0.4, 0.5) is 16.4 Å². The summed E-state index contributed by atoms with van der Waals surface area (Å²) in [5, 5.41) is 17.9. The Morgan fingerprint density at radius 3 is 2.03 bits per heavy atom. The third-order valence-corrected chi connectivity index (χ3v) is 5.88. The maximum atomic E-state index is 12.4. The average Bonchev–Trinajstić information content (AvgIpc) is 3.19. The van der Waals surface area contributed by atoms with E-state index in [0.29, 0.717) is 39.3 Å². The molecule has 0 atom stereocenters. The first-order chi connectivity index (χ1) is 14.6. The number of aliphatic hydroxyl groups excluding tert-OH is 1. The van der Waals surface area contributed by atoms with Crippen LogP contribution in [0.2, 0.25) is 0 Å². The van der Waals surface area contributed by atoms with Gasteiger partial charge in [-0.1, -0.05) is 0 Å². The molecule has 0 radical (unpaired) electrons. The second-order valence-corrected chi connectivity index (χ2v) is 7.71. The number of aliphatic hydroxyl groups is 1. The van der Waals surface area contributed by atoms with E-state index >= 15 is 0 Å². The van der Waals surface area contributed by atoms with Gasteiger partial charge in [0.05, 0.1) is 13.2 Å². The molecule has 1 N–H and O–H groups in total. The first-order valence-corrected chi connectivity index (χ1v) is 10.5. The van der Waals surface area contributed by atoms with E-state index in [1.165, 1.54) is 4.90 Å². The monoisotopic (exact) mass is 419 g/mol. The van der Waals surface area contributed by atoms with Gasteiger partial charge >= 0.3 is 6.09 Å². The van der Waals surface area contributed by atoms with Crippen molar-refractivity contribution in [3.8, 4) is 0 Å². The second-order valence-electron chi connectivity index (χ2n) is 7.71. The molecule has 164 valence electrons. The molecular formula is C19H29N7O4. The fourth-order valence-corrected chi connectivity index (χ4v) is 4.02. The van der Waals surface area contributed by atoms with Crippen molar-refractivity contribution in [1.82, 2.24) is 24.9 Å². The smallest absolute Gasteiger partial charge is 0.410 e. The summed E-state index contributed by atoms with van der Waals surface area (Å²) < 4.78 is 4.88. The van der Waals surface area contributed by atoms with Crippen LogP contribution in [0.5, 0.6) is 0 Å². The standard InChI is InChI=1S/C19H29N7O4/c27-13-11-22-3-5-23(6-4-22)16-1-2-17(21-20-16)24-7-9-25(10-8-24)18(28)15-26-12-14-30-19(26)29/h1-2,27H,3-15H2. The summed E-state index contributed by atoms with van der Waals surface area (Å²) in [5.74, 6) is 1.64. The third kappa shape index (κ3) is 4.73. The molecular weight excluding hydrogens is 390 g/mol. The predicted octanol–water partition coefficient (Wildman–Crippen LogP) is -1.31. The van der Waals surface area contributed by atoms with Gasteiger partial charge < -0.3 is 24.5 Å². The van der Waals surface area contributed by atoms with Crippen molar-refractivity contribution < 1.29 is 19.4 Å². The molecule has 0 aromatic carbocycles. The van der Waals surface area contributed by atoms with Crippen LogP contribution < -0.4 is 9.80 Å². The number of carbonyl (C=O) groups is 2. The Labute approximate surface area is 175 Å². The summed E-state index contributed by atoms with van der Waals surface area (Å²) in [4.78, 5) is 33.8. The number of aromatic nitrogens is 2. The molecule has 11 nitrogen and oxygen atoms in total. The summed E-state index contributed by atoms with van der Waals surface area (Å²) in [6.45, 7) is 7.95. The summed E-state index contributed by atoms with van der Waals surface area (Å²) in [6.07, 6.45) is -0.410. The molecule has 3 fully saturated rings. The van der Waals surface area contributed by atoms with Gasteiger partial charge in [-0.05, 0) is 12.1 Å². The van der Waals surface area contributed by atoms with Crippen molar-refractivity contribution in [2.75, 3.05) is 95.0 Å². The van der Waals surface area contributed by atoms with E-state index in [2.05, 4.69) is 24.9 Å². The molecule has 4 heterocycles. The van der Waals surface area contributed by atoms with E-state index in [1.807, 2.05) is 12.1 Å². The molecule has 0 unspecified atom stereocenters. The van der Waals surface area contributed by atoms with Crippen molar-refractivity contribution >= 4 is 23.6 Å². The van der Waals surface area contributed by atoms with Gasteiger partial charge in [-0.2, -0.15) is 0 Å². The molecule has 3 aliphatic rings. The minimum Gasteiger partial charge on any atom is -0.448 e. The largest absolute Gasteiger partial charge is 0.448 e. The molecule has 11 heteroatoms. The fraction of sp³-hybridized carbons (Fsp3) is 0.684. The van der Waals surface area contributed by atoms with Gasteiger partial charge in [0.25, 0.3) is 0 Å². The number of ether oxygens (including phenoxy) is 1. The van der Waals surface area contributed by atoms with Gasteiger partial charge in [-0.25, -0.2) is 4.79 Å². The van der Waals surface area contributed by atoms with Gasteiger partial charge in [0.1, 0.15) is 13.2 Å². The van der Waals surface area contributed by atoms with Crippen LogP contribution >= 0.6 is 0 Å². The SMILES string of the molecule is O=C(CN1CCOC1=O)N1CCN(c2ccc(N3CCN(CCO)CC3)nn2)CC1. The van der Waals surface area contributed by atoms with E-state index < -0.39 is 6.09 Å². The molecule has 4 rings (SSSR count). The fourth-order valence-electron chi connectivity index (χ4n) is 4.02. The Hall–Kier alpha value is -2.66. The third-order valence-electron chi connectivity index (χ3n) is 5.88. The topological polar surface area (TPSA) is 106 Å². The predicted molar refractivity (Wildman–Crippen MR) is 109 cm³/mol. The Balaban J connectivity index is 1.25. The number of cyclic esters (lactones) is 1. The number of rotatable bonds is 6. The quantitative estimate of drug-likeness (QED) is 0.602. The molecule has 1 aromatic heterocycles. The number of anilines is 2. The molecule has 0 saturated carbocycles. The summed E-state index contributed by atoms with van der Waals surface area (Å²) in [6, 6.07) is 3.99. The molecule has 0 spiro atoms. The number of carbonyl (C=O) groups excluding carboxylic acids is 2. The van der Waals surface area contributed by atoms with Gasteiger partial charge in [-0.15, -0.1) is 10.2 Å². The van der Waals surface area contributed by atoms with Gasteiger partial charge in [0.15, 0.2) is 11.6 Å². The number of amides is 2. The lowest BCUT2D eigenvalue weighted by Crippen LogP contribution is -2.51. The van der Waals surface area contributed by atoms with E-state index in [0.717, 1.165) is 44.4 Å². The summed E-state index contributed by atoms with van der Waals surface area (Å²) >= 11 is 0. The van der Waals surface area contributed by atoms with E-state index in [-0.39, 0.29) is 19.1 Å². The van der Waals surface area contributed by atoms with Gasteiger partial charge in [0, 0.05) is 58.9 Å². The maximum Gasteiger partial charge on any atom is 0.410 e. The van der Waals surface area contributed by atoms with Gasteiger partial charge in [0.2, 0.25) is 5.91 Å². The van der Waals surface area contributed by atoms with Crippen molar-refractivity contribution in [3.05, 3.63) is 12.1 Å². The average molecular weight is 419 g/mol. The highest BCUT2D eigenvalue weighted by Gasteiger charge is 2.28. The van der Waals surface area contributed by atoms with Crippen molar-refractivity contribution in [2.24, 2.45) is 0 Å². The number of piperazine rings is 2. The van der Waals surface area contributed by atoms with Crippen LogP contribution in [0, 0.1) is 0 Å². The molecule has 1 aromatic rings. The van der Waals surface area contributed by atoms with E-state index in [4.69, 9.17) is 9.84 Å². The Morgan fingerprint density at radius 2 is 1.53 bits per heavy atom. The van der Waals surface area contributed by atoms with Crippen LogP contribution in [-0.4, -0.2) is 127 Å². The zero-order valence-electron chi connectivity index (χ0n) is 17.1. The lowest BCUT2D eigenvalue weighted by atomic mass is 10.3. The van der Waals surface area contributed by atoms with Crippen molar-refractivity contribution in [2.45, 2.75) is 0 Å². The number of nitrogens with zero attached hydrogens (tertiary/aromatic N) is 7. The lowest BCUT2D eigenvalue weighted by molar-refractivity contribution is -0.132. The molecule has 3 saturated heterocycles. The number of β-amino-alcohol motifs (C(OH)–C–C–N with tert-alkyl or cyclic N) is 1. The minimum atomic E-state index is -0.410. The first-order valence-electron chi connectivity index (χ1n) is 10.5. The molecule has 2 amide bonds. The molecule has 0 aliphatic carbocycles. The Kier molecular flexibility index (Phi) is 6.48. The highest BCUT2D eigenvalue weighted by Crippen LogP contribution is 2.18. The lowest BCUT2D eigenvalue weighted by Gasteiger charge is -2.36. The van der Waals surface area contributed by atoms with Gasteiger partial charge in [-0.3, -0.25) is 14.6 Å². The number of hydrogen-bond donors (Lipinski definition) is 1. The molecule has 0 bridgehead atoms. The molecule has 3 aliphatic heterocycles. The minimum absolute atomic E-state index is 0.0460. The van der Waals surface area contributed by atoms with Crippen LogP contribution in [0.15, 0.2) is 12.1 Å².